The van der Waals surface area contributed by atoms with Crippen molar-refractivity contribution in [2.75, 3.05) is 19.7 Å². The van der Waals surface area contributed by atoms with E-state index in [1.807, 2.05) is 0 Å². The zero-order chi connectivity index (χ0) is 21.9. The zero-order valence-electron chi connectivity index (χ0n) is 16.3. The molecule has 0 atom stereocenters. The number of nitrogens with zero attached hydrogens (tertiary/aromatic N) is 2. The average Bonchev–Trinajstić information content (AvgIpc) is 2.73. The van der Waals surface area contributed by atoms with Crippen molar-refractivity contribution in [3.8, 4) is 0 Å². The molecular weight excluding hydrogens is 498 g/mol. The topological polar surface area (TPSA) is 59.5 Å². The fourth-order valence-corrected chi connectivity index (χ4v) is 4.18. The summed E-state index contributed by atoms with van der Waals surface area (Å²) < 4.78 is 20.3. The second kappa shape index (κ2) is 9.62. The lowest BCUT2D eigenvalue weighted by atomic mass is 9.74. The summed E-state index contributed by atoms with van der Waals surface area (Å²) in [6, 6.07) is 7.92. The van der Waals surface area contributed by atoms with E-state index in [0.717, 1.165) is 0 Å². The molecule has 1 fully saturated rings. The Balaban J connectivity index is 1.80. The molecule has 1 aromatic carbocycles. The van der Waals surface area contributed by atoms with Gasteiger partial charge in [0.15, 0.2) is 5.82 Å². The Bertz CT molecular complexity index is 965. The molecule has 0 aliphatic carbocycles. The highest BCUT2D eigenvalue weighted by atomic mass is 79.9. The average molecular weight is 518 g/mol. The summed E-state index contributed by atoms with van der Waals surface area (Å²) >= 11 is 15.2. The van der Waals surface area contributed by atoms with Gasteiger partial charge in [0, 0.05) is 25.2 Å². The van der Waals surface area contributed by atoms with E-state index >= 15 is 0 Å². The molecule has 9 heteroatoms. The molecule has 30 heavy (non-hydrogen) atoms. The van der Waals surface area contributed by atoms with Crippen molar-refractivity contribution in [3.63, 3.8) is 0 Å². The van der Waals surface area contributed by atoms with Crippen LogP contribution in [-0.2, 0) is 16.0 Å². The number of rotatable bonds is 5. The van der Waals surface area contributed by atoms with Crippen molar-refractivity contribution < 1.29 is 18.7 Å². The molecule has 0 saturated carbocycles. The number of carbonyl (C=O) groups is 2. The number of ether oxygens (including phenoxy) is 1. The summed E-state index contributed by atoms with van der Waals surface area (Å²) in [6.07, 6.45) is 1.08. The summed E-state index contributed by atoms with van der Waals surface area (Å²) in [5.74, 6) is -1.51. The molecule has 0 bridgehead atoms. The van der Waals surface area contributed by atoms with E-state index in [1.165, 1.54) is 23.1 Å². The number of carbonyl (C=O) groups excluding carboxylic acids is 2. The Morgan fingerprint density at radius 2 is 1.93 bits per heavy atom. The molecule has 0 radical (unpaired) electrons. The molecule has 0 unspecified atom stereocenters. The summed E-state index contributed by atoms with van der Waals surface area (Å²) in [7, 11) is 0. The Morgan fingerprint density at radius 3 is 2.57 bits per heavy atom. The van der Waals surface area contributed by atoms with Crippen molar-refractivity contribution in [3.05, 3.63) is 62.1 Å². The minimum atomic E-state index is -0.830. The minimum Gasteiger partial charge on any atom is -0.466 e. The third-order valence-corrected chi connectivity index (χ3v) is 6.73. The first-order valence-electron chi connectivity index (χ1n) is 9.49. The van der Waals surface area contributed by atoms with Gasteiger partial charge in [-0.15, -0.1) is 0 Å². The van der Waals surface area contributed by atoms with E-state index in [4.69, 9.17) is 27.9 Å². The maximum atomic E-state index is 14.3. The Morgan fingerprint density at radius 1 is 1.23 bits per heavy atom. The van der Waals surface area contributed by atoms with Gasteiger partial charge in [0.2, 0.25) is 0 Å². The maximum Gasteiger partial charge on any atom is 0.312 e. The Kier molecular flexibility index (Phi) is 7.37. The second-order valence-corrected chi connectivity index (χ2v) is 8.77. The van der Waals surface area contributed by atoms with Gasteiger partial charge in [0.1, 0.15) is 5.15 Å². The highest BCUT2D eigenvalue weighted by Gasteiger charge is 2.44. The SMILES string of the molecule is CCOC(=O)C1(Cc2ccc(Br)c(Cl)n2)CCN(C(=O)c2cccc(Cl)c2F)CC1. The Hall–Kier alpha value is -1.70. The first-order chi connectivity index (χ1) is 14.3. The highest BCUT2D eigenvalue weighted by molar-refractivity contribution is 9.10. The zero-order valence-corrected chi connectivity index (χ0v) is 19.4. The molecule has 160 valence electrons. The standard InChI is InChI=1S/C21H20BrCl2FN2O3/c1-2-30-20(29)21(12-13-6-7-15(22)18(24)26-13)8-10-27(11-9-21)19(28)14-4-3-5-16(23)17(14)25/h3-7H,2,8-12H2,1H3. The van der Waals surface area contributed by atoms with E-state index in [2.05, 4.69) is 20.9 Å². The molecule has 1 aliphatic rings. The van der Waals surface area contributed by atoms with Gasteiger partial charge in [-0.1, -0.05) is 29.3 Å². The van der Waals surface area contributed by atoms with Crippen molar-refractivity contribution in [2.45, 2.75) is 26.2 Å². The number of hydrogen-bond donors (Lipinski definition) is 0. The summed E-state index contributed by atoms with van der Waals surface area (Å²) in [4.78, 5) is 31.5. The molecule has 1 saturated heterocycles. The number of hydrogen-bond acceptors (Lipinski definition) is 4. The fraction of sp³-hybridized carbons (Fsp3) is 0.381. The van der Waals surface area contributed by atoms with Gasteiger partial charge < -0.3 is 9.64 Å². The van der Waals surface area contributed by atoms with Crippen LogP contribution in [0.5, 0.6) is 0 Å². The van der Waals surface area contributed by atoms with Crippen LogP contribution in [0.25, 0.3) is 0 Å². The first kappa shape index (κ1) is 23.0. The number of halogens is 4. The third-order valence-electron chi connectivity index (χ3n) is 5.28. The van der Waals surface area contributed by atoms with E-state index in [1.54, 1.807) is 19.1 Å². The number of aromatic nitrogens is 1. The molecule has 1 amide bonds. The van der Waals surface area contributed by atoms with Crippen LogP contribution in [0.4, 0.5) is 4.39 Å². The number of piperidine rings is 1. The van der Waals surface area contributed by atoms with Crippen LogP contribution in [0.2, 0.25) is 10.2 Å². The van der Waals surface area contributed by atoms with Gasteiger partial charge in [0.05, 0.1) is 27.1 Å². The molecule has 0 N–H and O–H groups in total. The van der Waals surface area contributed by atoms with Crippen LogP contribution < -0.4 is 0 Å². The number of benzene rings is 1. The maximum absolute atomic E-state index is 14.3. The number of esters is 1. The van der Waals surface area contributed by atoms with Crippen molar-refractivity contribution in [1.29, 1.82) is 0 Å². The van der Waals surface area contributed by atoms with Gasteiger partial charge in [-0.25, -0.2) is 9.37 Å². The lowest BCUT2D eigenvalue weighted by molar-refractivity contribution is -0.158. The molecular formula is C21H20BrCl2FN2O3. The number of pyridine rings is 1. The normalized spacial score (nSPS) is 15.7. The van der Waals surface area contributed by atoms with Gasteiger partial charge in [-0.05, 0) is 60.0 Å². The fourth-order valence-electron chi connectivity index (χ4n) is 3.61. The third kappa shape index (κ3) is 4.79. The van der Waals surface area contributed by atoms with Gasteiger partial charge in [0.25, 0.3) is 5.91 Å². The van der Waals surface area contributed by atoms with E-state index in [9.17, 15) is 14.0 Å². The monoisotopic (exact) mass is 516 g/mol. The summed E-state index contributed by atoms with van der Waals surface area (Å²) in [5, 5.41) is 0.215. The predicted molar refractivity (Wildman–Crippen MR) is 116 cm³/mol. The highest BCUT2D eigenvalue weighted by Crippen LogP contribution is 2.37. The quantitative estimate of drug-likeness (QED) is 0.398. The summed E-state index contributed by atoms with van der Waals surface area (Å²) in [6.45, 7) is 2.58. The van der Waals surface area contributed by atoms with Crippen molar-refractivity contribution in [2.24, 2.45) is 5.41 Å². The molecule has 2 heterocycles. The second-order valence-electron chi connectivity index (χ2n) is 7.15. The summed E-state index contributed by atoms with van der Waals surface area (Å²) in [5.41, 5.74) is -0.242. The minimum absolute atomic E-state index is 0.0764. The smallest absolute Gasteiger partial charge is 0.312 e. The lowest BCUT2D eigenvalue weighted by Crippen LogP contribution is -2.48. The molecule has 2 aromatic rings. The first-order valence-corrected chi connectivity index (χ1v) is 11.0. The molecule has 3 rings (SSSR count). The van der Waals surface area contributed by atoms with Crippen molar-refractivity contribution >= 4 is 51.0 Å². The van der Waals surface area contributed by atoms with Gasteiger partial charge in [-0.3, -0.25) is 9.59 Å². The van der Waals surface area contributed by atoms with Crippen LogP contribution in [-0.4, -0.2) is 41.5 Å². The number of amides is 1. The van der Waals surface area contributed by atoms with Crippen LogP contribution in [0.3, 0.4) is 0 Å². The van der Waals surface area contributed by atoms with Crippen LogP contribution in [0.1, 0.15) is 35.8 Å². The molecule has 0 spiro atoms. The van der Waals surface area contributed by atoms with Gasteiger partial charge >= 0.3 is 5.97 Å². The van der Waals surface area contributed by atoms with Crippen LogP contribution >= 0.6 is 39.1 Å². The van der Waals surface area contributed by atoms with Gasteiger partial charge in [-0.2, -0.15) is 0 Å². The van der Waals surface area contributed by atoms with E-state index in [-0.39, 0.29) is 36.3 Å². The van der Waals surface area contributed by atoms with Crippen molar-refractivity contribution in [1.82, 2.24) is 9.88 Å². The largest absolute Gasteiger partial charge is 0.466 e. The lowest BCUT2D eigenvalue weighted by Gasteiger charge is -2.40. The molecule has 5 nitrogen and oxygen atoms in total. The Labute approximate surface area is 192 Å². The van der Waals surface area contributed by atoms with Crippen LogP contribution in [0.15, 0.2) is 34.8 Å². The van der Waals surface area contributed by atoms with E-state index < -0.39 is 17.1 Å². The predicted octanol–water partition coefficient (Wildman–Crippen LogP) is 5.32. The number of likely N-dealkylation sites (tertiary alicyclic amines) is 1. The molecule has 1 aromatic heterocycles. The molecule has 1 aliphatic heterocycles. The van der Waals surface area contributed by atoms with Crippen LogP contribution in [0, 0.1) is 11.2 Å². The van der Waals surface area contributed by atoms with E-state index in [0.29, 0.717) is 34.6 Å².